The highest BCUT2D eigenvalue weighted by Crippen LogP contribution is 2.28. The third-order valence-electron chi connectivity index (χ3n) is 5.66. The summed E-state index contributed by atoms with van der Waals surface area (Å²) >= 11 is 0. The van der Waals surface area contributed by atoms with Crippen molar-refractivity contribution in [2.45, 2.75) is 33.2 Å². The Kier molecular flexibility index (Phi) is 6.63. The van der Waals surface area contributed by atoms with E-state index in [0.717, 1.165) is 22.6 Å². The van der Waals surface area contributed by atoms with Crippen LogP contribution in [-0.2, 0) is 17.8 Å². The van der Waals surface area contributed by atoms with E-state index in [1.165, 1.54) is 4.90 Å². The van der Waals surface area contributed by atoms with Gasteiger partial charge in [0.2, 0.25) is 5.91 Å². The first kappa shape index (κ1) is 22.4. The van der Waals surface area contributed by atoms with Crippen molar-refractivity contribution < 1.29 is 14.3 Å². The Morgan fingerprint density at radius 3 is 2.64 bits per heavy atom. The fourth-order valence-electron chi connectivity index (χ4n) is 3.87. The Bertz CT molecular complexity index is 1170. The Balaban J connectivity index is 1.51. The van der Waals surface area contributed by atoms with Crippen LogP contribution in [0.2, 0.25) is 0 Å². The molecule has 1 aromatic carbocycles. The third kappa shape index (κ3) is 5.00. The summed E-state index contributed by atoms with van der Waals surface area (Å²) in [6.07, 6.45) is 2.61. The van der Waals surface area contributed by atoms with Gasteiger partial charge in [0.25, 0.3) is 5.91 Å². The molecule has 170 valence electrons. The smallest absolute Gasteiger partial charge is 0.272 e. The summed E-state index contributed by atoms with van der Waals surface area (Å²) < 4.78 is 5.91. The zero-order chi connectivity index (χ0) is 23.4. The van der Waals surface area contributed by atoms with Gasteiger partial charge in [-0.2, -0.15) is 0 Å². The Hall–Kier alpha value is -3.81. The van der Waals surface area contributed by atoms with E-state index in [2.05, 4.69) is 15.0 Å². The van der Waals surface area contributed by atoms with E-state index in [1.54, 1.807) is 36.3 Å². The van der Waals surface area contributed by atoms with Crippen LogP contribution in [0.5, 0.6) is 5.75 Å². The summed E-state index contributed by atoms with van der Waals surface area (Å²) in [5, 5.41) is 0. The molecule has 2 amide bonds. The van der Waals surface area contributed by atoms with Crippen LogP contribution >= 0.6 is 0 Å². The highest BCUT2D eigenvalue weighted by atomic mass is 16.5. The Morgan fingerprint density at radius 2 is 1.88 bits per heavy atom. The van der Waals surface area contributed by atoms with Gasteiger partial charge in [-0.1, -0.05) is 24.3 Å². The van der Waals surface area contributed by atoms with Gasteiger partial charge < -0.3 is 9.64 Å². The molecule has 3 heterocycles. The monoisotopic (exact) mass is 445 g/mol. The normalized spacial score (nSPS) is 12.9. The summed E-state index contributed by atoms with van der Waals surface area (Å²) in [6, 6.07) is 13.0. The molecule has 0 atom stereocenters. The Morgan fingerprint density at radius 1 is 1.09 bits per heavy atom. The molecule has 0 spiro atoms. The second-order valence-corrected chi connectivity index (χ2v) is 8.06. The van der Waals surface area contributed by atoms with E-state index >= 15 is 0 Å². The zero-order valence-corrected chi connectivity index (χ0v) is 19.1. The molecule has 0 saturated carbocycles. The molecular formula is C25H27N5O3. The van der Waals surface area contributed by atoms with Crippen LogP contribution in [0, 0.1) is 13.8 Å². The fraction of sp³-hybridized carbons (Fsp3) is 0.320. The molecule has 0 bridgehead atoms. The number of aryl methyl sites for hydroxylation is 2. The Labute approximate surface area is 193 Å². The van der Waals surface area contributed by atoms with Crippen molar-refractivity contribution in [3.8, 4) is 5.75 Å². The maximum Gasteiger partial charge on any atom is 0.272 e. The van der Waals surface area contributed by atoms with E-state index in [0.29, 0.717) is 43.3 Å². The van der Waals surface area contributed by atoms with Crippen molar-refractivity contribution in [3.05, 3.63) is 77.0 Å². The predicted octanol–water partition coefficient (Wildman–Crippen LogP) is 3.12. The van der Waals surface area contributed by atoms with Crippen LogP contribution in [0.25, 0.3) is 0 Å². The van der Waals surface area contributed by atoms with Gasteiger partial charge in [-0.15, -0.1) is 0 Å². The van der Waals surface area contributed by atoms with Crippen LogP contribution in [0.4, 0.5) is 5.82 Å². The van der Waals surface area contributed by atoms with Crippen molar-refractivity contribution in [2.75, 3.05) is 25.1 Å². The zero-order valence-electron chi connectivity index (χ0n) is 19.1. The van der Waals surface area contributed by atoms with E-state index in [-0.39, 0.29) is 18.4 Å². The summed E-state index contributed by atoms with van der Waals surface area (Å²) in [5.41, 5.74) is 3.20. The molecule has 0 radical (unpaired) electrons. The van der Waals surface area contributed by atoms with Crippen LogP contribution in [0.3, 0.4) is 0 Å². The average Bonchev–Trinajstić information content (AvgIpc) is 2.81. The molecule has 33 heavy (non-hydrogen) atoms. The number of rotatable bonds is 7. The van der Waals surface area contributed by atoms with Crippen molar-refractivity contribution in [2.24, 2.45) is 0 Å². The predicted molar refractivity (Wildman–Crippen MR) is 124 cm³/mol. The van der Waals surface area contributed by atoms with Gasteiger partial charge in [0.15, 0.2) is 0 Å². The number of amides is 2. The minimum absolute atomic E-state index is 0.0119. The topological polar surface area (TPSA) is 88.5 Å². The van der Waals surface area contributed by atoms with Crippen LogP contribution in [-0.4, -0.2) is 51.9 Å². The first-order chi connectivity index (χ1) is 15.9. The van der Waals surface area contributed by atoms with Crippen LogP contribution < -0.4 is 9.64 Å². The molecule has 0 saturated heterocycles. The quantitative estimate of drug-likeness (QED) is 0.555. The van der Waals surface area contributed by atoms with Gasteiger partial charge in [0.1, 0.15) is 29.7 Å². The van der Waals surface area contributed by atoms with Gasteiger partial charge in [-0.3, -0.25) is 19.5 Å². The van der Waals surface area contributed by atoms with E-state index in [9.17, 15) is 9.59 Å². The molecule has 2 aromatic heterocycles. The van der Waals surface area contributed by atoms with Gasteiger partial charge in [-0.05, 0) is 44.0 Å². The largest absolute Gasteiger partial charge is 0.491 e. The second-order valence-electron chi connectivity index (χ2n) is 8.06. The molecule has 1 aliphatic rings. The van der Waals surface area contributed by atoms with Crippen molar-refractivity contribution >= 4 is 17.6 Å². The number of para-hydroxylation sites is 1. The standard InChI is InChI=1S/C25H27N5O3/c1-17-8-4-5-10-21(17)33-15-14-30-23(31)12-11-19-18(2)27-22(28-24(19)30)16-29(3)25(32)20-9-6-7-13-26-20/h4-10,13H,11-12,14-16H2,1-3H3. The number of nitrogens with zero attached hydrogens (tertiary/aromatic N) is 5. The van der Waals surface area contributed by atoms with Crippen LogP contribution in [0.1, 0.15) is 39.6 Å². The first-order valence-electron chi connectivity index (χ1n) is 11.0. The fourth-order valence-corrected chi connectivity index (χ4v) is 3.87. The molecule has 4 rings (SSSR count). The lowest BCUT2D eigenvalue weighted by molar-refractivity contribution is -0.119. The summed E-state index contributed by atoms with van der Waals surface area (Å²) in [4.78, 5) is 42.0. The van der Waals surface area contributed by atoms with Gasteiger partial charge in [-0.25, -0.2) is 9.97 Å². The number of hydrogen-bond acceptors (Lipinski definition) is 6. The summed E-state index contributed by atoms with van der Waals surface area (Å²) in [7, 11) is 1.69. The molecule has 0 aliphatic carbocycles. The molecule has 0 N–H and O–H groups in total. The summed E-state index contributed by atoms with van der Waals surface area (Å²) in [5.74, 6) is 1.70. The van der Waals surface area contributed by atoms with Crippen molar-refractivity contribution in [3.63, 3.8) is 0 Å². The summed E-state index contributed by atoms with van der Waals surface area (Å²) in [6.45, 7) is 4.86. The SMILES string of the molecule is Cc1ccccc1OCCN1C(=O)CCc2c(C)nc(CN(C)C(=O)c3ccccn3)nc21. The molecule has 0 fully saturated rings. The number of fused-ring (bicyclic) bond motifs is 1. The lowest BCUT2D eigenvalue weighted by Gasteiger charge is -2.29. The number of hydrogen-bond donors (Lipinski definition) is 0. The number of aromatic nitrogens is 3. The maximum atomic E-state index is 12.7. The molecule has 1 aliphatic heterocycles. The number of pyridine rings is 1. The molecule has 3 aromatic rings. The number of anilines is 1. The molecular weight excluding hydrogens is 418 g/mol. The van der Waals surface area contributed by atoms with Crippen molar-refractivity contribution in [1.29, 1.82) is 0 Å². The average molecular weight is 446 g/mol. The minimum Gasteiger partial charge on any atom is -0.491 e. The molecule has 8 heteroatoms. The van der Waals surface area contributed by atoms with Crippen molar-refractivity contribution in [1.82, 2.24) is 19.9 Å². The van der Waals surface area contributed by atoms with Gasteiger partial charge in [0.05, 0.1) is 13.1 Å². The lowest BCUT2D eigenvalue weighted by Crippen LogP contribution is -2.40. The number of carbonyl (C=O) groups is 2. The van der Waals surface area contributed by atoms with Gasteiger partial charge in [0, 0.05) is 30.9 Å². The highest BCUT2D eigenvalue weighted by molar-refractivity contribution is 5.95. The van der Waals surface area contributed by atoms with E-state index in [1.807, 2.05) is 38.1 Å². The number of benzene rings is 1. The minimum atomic E-state index is -0.214. The molecule has 0 unspecified atom stereocenters. The lowest BCUT2D eigenvalue weighted by atomic mass is 10.0. The van der Waals surface area contributed by atoms with Crippen LogP contribution in [0.15, 0.2) is 48.7 Å². The maximum absolute atomic E-state index is 12.7. The number of ether oxygens (including phenoxy) is 1. The highest BCUT2D eigenvalue weighted by Gasteiger charge is 2.28. The first-order valence-corrected chi connectivity index (χ1v) is 11.0. The molecule has 8 nitrogen and oxygen atoms in total. The second kappa shape index (κ2) is 9.77. The van der Waals surface area contributed by atoms with Gasteiger partial charge >= 0.3 is 0 Å². The van der Waals surface area contributed by atoms with E-state index in [4.69, 9.17) is 4.74 Å². The number of carbonyl (C=O) groups excluding carboxylic acids is 2. The third-order valence-corrected chi connectivity index (χ3v) is 5.66. The van der Waals surface area contributed by atoms with E-state index < -0.39 is 0 Å².